The van der Waals surface area contributed by atoms with Gasteiger partial charge in [0, 0.05) is 10.9 Å². The van der Waals surface area contributed by atoms with E-state index in [-0.39, 0.29) is 0 Å². The predicted molar refractivity (Wildman–Crippen MR) is 83.2 cm³/mol. The molecule has 2 heteroatoms. The normalized spacial score (nSPS) is 14.1. The first-order chi connectivity index (χ1) is 9.01. The Hall–Kier alpha value is -1.12. The zero-order chi connectivity index (χ0) is 13.9. The molecule has 0 aromatic heterocycles. The topological polar surface area (TPSA) is 20.2 Å². The molecule has 0 aliphatic rings. The molecular formula is C17H19BrO. The number of aliphatic hydroxyl groups is 1. The van der Waals surface area contributed by atoms with Crippen LogP contribution in [0.2, 0.25) is 0 Å². The first-order valence-electron chi connectivity index (χ1n) is 6.57. The van der Waals surface area contributed by atoms with Crippen LogP contribution >= 0.6 is 15.9 Å². The second-order valence-corrected chi connectivity index (χ2v) is 6.05. The quantitative estimate of drug-likeness (QED) is 0.882. The van der Waals surface area contributed by atoms with E-state index in [0.717, 1.165) is 22.0 Å². The molecule has 1 unspecified atom stereocenters. The summed E-state index contributed by atoms with van der Waals surface area (Å²) < 4.78 is 1.04. The van der Waals surface area contributed by atoms with Gasteiger partial charge in [0.1, 0.15) is 0 Å². The van der Waals surface area contributed by atoms with Crippen LogP contribution in [0.4, 0.5) is 0 Å². The van der Waals surface area contributed by atoms with Crippen molar-refractivity contribution < 1.29 is 5.11 Å². The van der Waals surface area contributed by atoms with Gasteiger partial charge >= 0.3 is 0 Å². The summed E-state index contributed by atoms with van der Waals surface area (Å²) in [6.07, 6.45) is 1.63. The molecule has 0 amide bonds. The first kappa shape index (κ1) is 14.3. The molecular weight excluding hydrogens is 300 g/mol. The molecule has 0 saturated carbocycles. The summed E-state index contributed by atoms with van der Waals surface area (Å²) in [6.45, 7) is 4.00. The highest BCUT2D eigenvalue weighted by atomic mass is 79.9. The Balaban J connectivity index is 2.21. The van der Waals surface area contributed by atoms with Crippen molar-refractivity contribution in [3.05, 3.63) is 69.7 Å². The van der Waals surface area contributed by atoms with E-state index < -0.39 is 5.60 Å². The van der Waals surface area contributed by atoms with Gasteiger partial charge in [0.15, 0.2) is 0 Å². The molecule has 1 N–H and O–H groups in total. The van der Waals surface area contributed by atoms with Crippen molar-refractivity contribution in [3.63, 3.8) is 0 Å². The molecule has 19 heavy (non-hydrogen) atoms. The van der Waals surface area contributed by atoms with E-state index >= 15 is 0 Å². The summed E-state index contributed by atoms with van der Waals surface area (Å²) in [6, 6.07) is 16.3. The van der Waals surface area contributed by atoms with Crippen molar-refractivity contribution in [2.45, 2.75) is 32.3 Å². The molecule has 0 saturated heterocycles. The number of hydrogen-bond acceptors (Lipinski definition) is 1. The Morgan fingerprint density at radius 1 is 1.05 bits per heavy atom. The summed E-state index contributed by atoms with van der Waals surface area (Å²) in [5, 5.41) is 10.7. The zero-order valence-corrected chi connectivity index (χ0v) is 12.9. The average Bonchev–Trinajstić information content (AvgIpc) is 2.38. The molecule has 0 aliphatic heterocycles. The number of benzene rings is 2. The van der Waals surface area contributed by atoms with Gasteiger partial charge in [-0.25, -0.2) is 0 Å². The molecule has 0 aliphatic carbocycles. The van der Waals surface area contributed by atoms with Crippen molar-refractivity contribution in [1.82, 2.24) is 0 Å². The van der Waals surface area contributed by atoms with Gasteiger partial charge in [-0.2, -0.15) is 0 Å². The third kappa shape index (κ3) is 3.68. The molecule has 2 aromatic rings. The fourth-order valence-electron chi connectivity index (χ4n) is 2.25. The number of aryl methyl sites for hydroxylation is 1. The minimum atomic E-state index is -0.840. The van der Waals surface area contributed by atoms with Gasteiger partial charge in [-0.1, -0.05) is 59.3 Å². The van der Waals surface area contributed by atoms with Gasteiger partial charge < -0.3 is 5.11 Å². The third-order valence-corrected chi connectivity index (χ3v) is 3.91. The molecule has 0 spiro atoms. The number of halogens is 1. The van der Waals surface area contributed by atoms with Crippen molar-refractivity contribution >= 4 is 15.9 Å². The molecule has 0 bridgehead atoms. The zero-order valence-electron chi connectivity index (χ0n) is 11.4. The standard InChI is InChI=1S/C17H19BrO/c1-3-13-7-9-15(10-8-13)17(2,19)12-14-5-4-6-16(18)11-14/h4-11,19H,3,12H2,1-2H3. The van der Waals surface area contributed by atoms with Crippen LogP contribution in [0.3, 0.4) is 0 Å². The van der Waals surface area contributed by atoms with E-state index in [1.165, 1.54) is 5.56 Å². The Kier molecular flexibility index (Phi) is 4.43. The lowest BCUT2D eigenvalue weighted by Crippen LogP contribution is -2.24. The van der Waals surface area contributed by atoms with Gasteiger partial charge in [-0.15, -0.1) is 0 Å². The van der Waals surface area contributed by atoms with E-state index in [2.05, 4.69) is 41.1 Å². The Bertz CT molecular complexity index is 543. The van der Waals surface area contributed by atoms with Crippen LogP contribution in [0.25, 0.3) is 0 Å². The fraction of sp³-hybridized carbons (Fsp3) is 0.294. The molecule has 2 rings (SSSR count). The number of hydrogen-bond donors (Lipinski definition) is 1. The lowest BCUT2D eigenvalue weighted by Gasteiger charge is -2.24. The SMILES string of the molecule is CCc1ccc(C(C)(O)Cc2cccc(Br)c2)cc1. The molecule has 2 aromatic carbocycles. The summed E-state index contributed by atoms with van der Waals surface area (Å²) >= 11 is 3.46. The van der Waals surface area contributed by atoms with E-state index in [1.54, 1.807) is 0 Å². The van der Waals surface area contributed by atoms with Crippen molar-refractivity contribution in [1.29, 1.82) is 0 Å². The van der Waals surface area contributed by atoms with E-state index in [0.29, 0.717) is 6.42 Å². The number of rotatable bonds is 4. The lowest BCUT2D eigenvalue weighted by atomic mass is 9.88. The highest BCUT2D eigenvalue weighted by molar-refractivity contribution is 9.10. The maximum absolute atomic E-state index is 10.7. The van der Waals surface area contributed by atoms with Crippen LogP contribution in [0.15, 0.2) is 53.0 Å². The maximum atomic E-state index is 10.7. The second-order valence-electron chi connectivity index (χ2n) is 5.13. The van der Waals surface area contributed by atoms with Crippen molar-refractivity contribution in [3.8, 4) is 0 Å². The van der Waals surface area contributed by atoms with Crippen LogP contribution in [0.5, 0.6) is 0 Å². The van der Waals surface area contributed by atoms with Gasteiger partial charge in [-0.05, 0) is 42.2 Å². The van der Waals surface area contributed by atoms with E-state index in [1.807, 2.05) is 37.3 Å². The monoisotopic (exact) mass is 318 g/mol. The predicted octanol–water partition coefficient (Wildman–Crippen LogP) is 4.46. The van der Waals surface area contributed by atoms with Crippen molar-refractivity contribution in [2.75, 3.05) is 0 Å². The summed E-state index contributed by atoms with van der Waals surface area (Å²) in [5.74, 6) is 0. The van der Waals surface area contributed by atoms with Gasteiger partial charge in [-0.3, -0.25) is 0 Å². The highest BCUT2D eigenvalue weighted by Gasteiger charge is 2.23. The molecule has 100 valence electrons. The van der Waals surface area contributed by atoms with Gasteiger partial charge in [0.25, 0.3) is 0 Å². The van der Waals surface area contributed by atoms with Gasteiger partial charge in [0.05, 0.1) is 5.60 Å². The molecule has 0 heterocycles. The average molecular weight is 319 g/mol. The van der Waals surface area contributed by atoms with Crippen LogP contribution in [0.1, 0.15) is 30.5 Å². The van der Waals surface area contributed by atoms with Gasteiger partial charge in [0.2, 0.25) is 0 Å². The third-order valence-electron chi connectivity index (χ3n) is 3.42. The molecule has 0 fully saturated rings. The first-order valence-corrected chi connectivity index (χ1v) is 7.37. The van der Waals surface area contributed by atoms with Crippen LogP contribution in [-0.4, -0.2) is 5.11 Å². The minimum absolute atomic E-state index is 0.609. The Morgan fingerprint density at radius 2 is 1.74 bits per heavy atom. The second kappa shape index (κ2) is 5.89. The Labute approximate surface area is 123 Å². The van der Waals surface area contributed by atoms with Crippen LogP contribution < -0.4 is 0 Å². The smallest absolute Gasteiger partial charge is 0.0908 e. The fourth-order valence-corrected chi connectivity index (χ4v) is 2.69. The minimum Gasteiger partial charge on any atom is -0.385 e. The Morgan fingerprint density at radius 3 is 2.32 bits per heavy atom. The largest absolute Gasteiger partial charge is 0.385 e. The maximum Gasteiger partial charge on any atom is 0.0908 e. The lowest BCUT2D eigenvalue weighted by molar-refractivity contribution is 0.0576. The molecule has 1 atom stereocenters. The van der Waals surface area contributed by atoms with Crippen LogP contribution in [-0.2, 0) is 18.4 Å². The highest BCUT2D eigenvalue weighted by Crippen LogP contribution is 2.26. The molecule has 0 radical (unpaired) electrons. The summed E-state index contributed by atoms with van der Waals surface area (Å²) in [5.41, 5.74) is 2.54. The molecule has 1 nitrogen and oxygen atoms in total. The van der Waals surface area contributed by atoms with E-state index in [4.69, 9.17) is 0 Å². The van der Waals surface area contributed by atoms with E-state index in [9.17, 15) is 5.11 Å². The summed E-state index contributed by atoms with van der Waals surface area (Å²) in [7, 11) is 0. The van der Waals surface area contributed by atoms with Crippen LogP contribution in [0, 0.1) is 0 Å². The van der Waals surface area contributed by atoms with Crippen molar-refractivity contribution in [2.24, 2.45) is 0 Å². The summed E-state index contributed by atoms with van der Waals surface area (Å²) in [4.78, 5) is 0.